The van der Waals surface area contributed by atoms with Gasteiger partial charge in [0.2, 0.25) is 0 Å². The third kappa shape index (κ3) is 10.3. The highest BCUT2D eigenvalue weighted by molar-refractivity contribution is 5.89. The standard InChI is InChI=1S/C19H28N4O4.C4H4O4/c1-4-16-17(22(2)19(26)23(3)18(16)25)21-11-10-20-12-14(24)13-27-15-8-6-5-7-9-15;5-3(6)1-2-4(7)8/h5-9,14,20-21,24H,4,10-13H2,1-3H3;1-2H,(H,5,6)(H,7,8)/b;2-1+. The molecule has 0 aliphatic rings. The van der Waals surface area contributed by atoms with Crippen LogP contribution >= 0.6 is 0 Å². The van der Waals surface area contributed by atoms with Crippen LogP contribution in [0.4, 0.5) is 5.82 Å². The van der Waals surface area contributed by atoms with E-state index in [-0.39, 0.29) is 17.9 Å². The Kier molecular flexibility index (Phi) is 12.6. The summed E-state index contributed by atoms with van der Waals surface area (Å²) in [7, 11) is 3.12. The van der Waals surface area contributed by atoms with Gasteiger partial charge in [0.15, 0.2) is 0 Å². The molecule has 1 aromatic heterocycles. The highest BCUT2D eigenvalue weighted by Gasteiger charge is 2.13. The average Bonchev–Trinajstić information content (AvgIpc) is 2.84. The molecule has 5 N–H and O–H groups in total. The number of hydrogen-bond donors (Lipinski definition) is 5. The van der Waals surface area contributed by atoms with E-state index in [9.17, 15) is 24.3 Å². The summed E-state index contributed by atoms with van der Waals surface area (Å²) in [5.41, 5.74) is -0.0541. The second kappa shape index (κ2) is 15.1. The molecule has 12 heteroatoms. The van der Waals surface area contributed by atoms with E-state index < -0.39 is 18.0 Å². The predicted molar refractivity (Wildman–Crippen MR) is 130 cm³/mol. The molecule has 0 saturated heterocycles. The van der Waals surface area contributed by atoms with Crippen molar-refractivity contribution < 1.29 is 29.6 Å². The molecule has 0 fully saturated rings. The minimum Gasteiger partial charge on any atom is -0.491 e. The van der Waals surface area contributed by atoms with Gasteiger partial charge < -0.3 is 30.7 Å². The van der Waals surface area contributed by atoms with Gasteiger partial charge in [-0.2, -0.15) is 0 Å². The topological polar surface area (TPSA) is 172 Å². The first-order valence-corrected chi connectivity index (χ1v) is 10.8. The molecule has 192 valence electrons. The van der Waals surface area contributed by atoms with Crippen molar-refractivity contribution in [1.29, 1.82) is 0 Å². The number of anilines is 1. The van der Waals surface area contributed by atoms with Crippen molar-refractivity contribution >= 4 is 17.8 Å². The third-order valence-corrected chi connectivity index (χ3v) is 4.64. The predicted octanol–water partition coefficient (Wildman–Crippen LogP) is -0.200. The molecule has 0 aliphatic carbocycles. The van der Waals surface area contributed by atoms with Gasteiger partial charge in [0.1, 0.15) is 24.3 Å². The number of aromatic nitrogens is 2. The second-order valence-corrected chi connectivity index (χ2v) is 7.31. The van der Waals surface area contributed by atoms with Crippen molar-refractivity contribution in [2.45, 2.75) is 19.4 Å². The van der Waals surface area contributed by atoms with Crippen molar-refractivity contribution in [3.8, 4) is 5.75 Å². The van der Waals surface area contributed by atoms with Gasteiger partial charge in [-0.25, -0.2) is 14.4 Å². The number of hydrogen-bond acceptors (Lipinski definition) is 8. The van der Waals surface area contributed by atoms with Gasteiger partial charge >= 0.3 is 17.6 Å². The van der Waals surface area contributed by atoms with Gasteiger partial charge in [-0.05, 0) is 18.6 Å². The molecule has 0 spiro atoms. The molecule has 1 aromatic carbocycles. The lowest BCUT2D eigenvalue weighted by Crippen LogP contribution is -2.41. The fourth-order valence-corrected chi connectivity index (χ4v) is 2.91. The maximum atomic E-state index is 12.2. The van der Waals surface area contributed by atoms with Crippen LogP contribution in [0.1, 0.15) is 12.5 Å². The maximum absolute atomic E-state index is 12.2. The number of benzene rings is 1. The number of carboxylic acid groups (broad SMARTS) is 2. The minimum absolute atomic E-state index is 0.202. The van der Waals surface area contributed by atoms with E-state index >= 15 is 0 Å². The van der Waals surface area contributed by atoms with Gasteiger partial charge in [-0.1, -0.05) is 25.1 Å². The number of nitrogens with one attached hydrogen (secondary N) is 2. The van der Waals surface area contributed by atoms with E-state index in [0.29, 0.717) is 49.6 Å². The van der Waals surface area contributed by atoms with E-state index in [0.717, 1.165) is 10.3 Å². The number of carbonyl (C=O) groups is 2. The Bertz CT molecular complexity index is 1090. The van der Waals surface area contributed by atoms with E-state index in [2.05, 4.69) is 10.6 Å². The van der Waals surface area contributed by atoms with Crippen LogP contribution in [-0.2, 0) is 30.1 Å². The number of aliphatic carboxylic acids is 2. The largest absolute Gasteiger partial charge is 0.491 e. The van der Waals surface area contributed by atoms with E-state index in [1.165, 1.54) is 11.6 Å². The lowest BCUT2D eigenvalue weighted by Gasteiger charge is -2.17. The Morgan fingerprint density at radius 2 is 1.63 bits per heavy atom. The summed E-state index contributed by atoms with van der Waals surface area (Å²) in [6.45, 7) is 3.54. The van der Waals surface area contributed by atoms with Gasteiger partial charge in [0.25, 0.3) is 5.56 Å². The molecule has 2 rings (SSSR count). The number of ether oxygens (including phenoxy) is 1. The molecule has 1 heterocycles. The Balaban J connectivity index is 0.000000658. The van der Waals surface area contributed by atoms with E-state index in [1.807, 2.05) is 37.3 Å². The molecule has 1 unspecified atom stereocenters. The zero-order chi connectivity index (χ0) is 26.4. The summed E-state index contributed by atoms with van der Waals surface area (Å²) in [4.78, 5) is 43.4. The molecular weight excluding hydrogens is 460 g/mol. The summed E-state index contributed by atoms with van der Waals surface area (Å²) in [5.74, 6) is -1.25. The molecule has 0 saturated carbocycles. The smallest absolute Gasteiger partial charge is 0.332 e. The number of aliphatic hydroxyl groups is 1. The first kappa shape index (κ1) is 29.1. The van der Waals surface area contributed by atoms with Crippen LogP contribution in [0.15, 0.2) is 52.1 Å². The van der Waals surface area contributed by atoms with Crippen molar-refractivity contribution in [3.63, 3.8) is 0 Å². The lowest BCUT2D eigenvalue weighted by molar-refractivity contribution is -0.134. The lowest BCUT2D eigenvalue weighted by atomic mass is 10.2. The molecule has 0 amide bonds. The van der Waals surface area contributed by atoms with Gasteiger partial charge in [0.05, 0.1) is 5.56 Å². The highest BCUT2D eigenvalue weighted by atomic mass is 16.5. The minimum atomic E-state index is -1.26. The normalized spacial score (nSPS) is 11.4. The van der Waals surface area contributed by atoms with Crippen molar-refractivity contribution in [3.05, 3.63) is 68.9 Å². The van der Waals surface area contributed by atoms with Crippen LogP contribution in [-0.4, -0.2) is 68.7 Å². The highest BCUT2D eigenvalue weighted by Crippen LogP contribution is 2.09. The summed E-state index contributed by atoms with van der Waals surface area (Å²) in [6, 6.07) is 9.33. The molecule has 2 aromatic rings. The van der Waals surface area contributed by atoms with Crippen molar-refractivity contribution in [2.24, 2.45) is 14.1 Å². The first-order chi connectivity index (χ1) is 16.6. The third-order valence-electron chi connectivity index (χ3n) is 4.64. The Morgan fingerprint density at radius 1 is 1.03 bits per heavy atom. The van der Waals surface area contributed by atoms with Crippen LogP contribution in [0.2, 0.25) is 0 Å². The van der Waals surface area contributed by atoms with Crippen LogP contribution in [0.5, 0.6) is 5.75 Å². The first-order valence-electron chi connectivity index (χ1n) is 10.8. The fraction of sp³-hybridized carbons (Fsp3) is 0.391. The monoisotopic (exact) mass is 492 g/mol. The number of rotatable bonds is 12. The maximum Gasteiger partial charge on any atom is 0.332 e. The summed E-state index contributed by atoms with van der Waals surface area (Å²) in [6.07, 6.45) is 1.02. The Labute approximate surface area is 202 Å². The van der Waals surface area contributed by atoms with Gasteiger partial charge in [0, 0.05) is 45.9 Å². The quantitative estimate of drug-likeness (QED) is 0.197. The Hall–Kier alpha value is -3.90. The van der Waals surface area contributed by atoms with Gasteiger partial charge in [-0.3, -0.25) is 13.9 Å². The molecule has 0 aliphatic heterocycles. The SMILES string of the molecule is CCc1c(NCCNCC(O)COc2ccccc2)n(C)c(=O)n(C)c1=O.O=C(O)/C=C/C(=O)O. The summed E-state index contributed by atoms with van der Waals surface area (Å²) >= 11 is 0. The number of carboxylic acids is 2. The number of aliphatic hydroxyl groups excluding tert-OH is 1. The van der Waals surface area contributed by atoms with Crippen LogP contribution in [0, 0.1) is 0 Å². The number of para-hydroxylation sites is 1. The molecule has 0 bridgehead atoms. The zero-order valence-electron chi connectivity index (χ0n) is 19.9. The molecule has 12 nitrogen and oxygen atoms in total. The zero-order valence-corrected chi connectivity index (χ0v) is 19.9. The molecule has 1 atom stereocenters. The van der Waals surface area contributed by atoms with Gasteiger partial charge in [-0.15, -0.1) is 0 Å². The Morgan fingerprint density at radius 3 is 2.17 bits per heavy atom. The molecular formula is C23H32N4O8. The van der Waals surface area contributed by atoms with E-state index in [4.69, 9.17) is 14.9 Å². The molecule has 35 heavy (non-hydrogen) atoms. The second-order valence-electron chi connectivity index (χ2n) is 7.31. The fourth-order valence-electron chi connectivity index (χ4n) is 2.91. The number of nitrogens with zero attached hydrogens (tertiary/aromatic N) is 2. The average molecular weight is 493 g/mol. The molecule has 0 radical (unpaired) electrons. The van der Waals surface area contributed by atoms with Crippen LogP contribution < -0.4 is 26.6 Å². The van der Waals surface area contributed by atoms with E-state index in [1.54, 1.807) is 7.05 Å². The van der Waals surface area contributed by atoms with Crippen LogP contribution in [0.3, 0.4) is 0 Å². The van der Waals surface area contributed by atoms with Crippen molar-refractivity contribution in [1.82, 2.24) is 14.5 Å². The van der Waals surface area contributed by atoms with Crippen molar-refractivity contribution in [2.75, 3.05) is 31.6 Å². The summed E-state index contributed by atoms with van der Waals surface area (Å²) < 4.78 is 8.06. The summed E-state index contributed by atoms with van der Waals surface area (Å²) in [5, 5.41) is 31.9. The van der Waals surface area contributed by atoms with Crippen LogP contribution in [0.25, 0.3) is 0 Å².